The van der Waals surface area contributed by atoms with Gasteiger partial charge < -0.3 is 14.6 Å². The number of carbonyl (C=O) groups is 2. The number of rotatable bonds is 4. The molecule has 0 aliphatic carbocycles. The number of nitrogens with one attached hydrogen (secondary N) is 1. The minimum Gasteiger partial charge on any atom is -0.464 e. The van der Waals surface area contributed by atoms with Gasteiger partial charge in [0, 0.05) is 6.07 Å². The summed E-state index contributed by atoms with van der Waals surface area (Å²) < 4.78 is 9.06. The Morgan fingerprint density at radius 3 is 2.93 bits per heavy atom. The molecule has 1 aromatic rings. The van der Waals surface area contributed by atoms with Crippen molar-refractivity contribution in [3.8, 4) is 0 Å². The number of hydrogen-bond acceptors (Lipinski definition) is 6. The van der Waals surface area contributed by atoms with E-state index in [0.29, 0.717) is 0 Å². The Morgan fingerprint density at radius 1 is 1.64 bits per heavy atom. The number of aromatic nitrogens is 1. The first-order chi connectivity index (χ1) is 6.69. The second kappa shape index (κ2) is 4.52. The summed E-state index contributed by atoms with van der Waals surface area (Å²) in [5.74, 6) is -0.854. The summed E-state index contributed by atoms with van der Waals surface area (Å²) in [6.45, 7) is 0.135. The van der Waals surface area contributed by atoms with Crippen LogP contribution in [0, 0.1) is 0 Å². The number of ketones is 1. The first kappa shape index (κ1) is 10.4. The average molecular weight is 198 g/mol. The van der Waals surface area contributed by atoms with Gasteiger partial charge in [-0.25, -0.2) is 4.79 Å². The number of methoxy groups -OCH3 is 1. The topological polar surface area (TPSA) is 81.4 Å². The molecule has 0 fully saturated rings. The fraction of sp³-hybridized carbons (Fsp3) is 0.375. The molecular weight excluding hydrogens is 188 g/mol. The molecule has 6 heteroatoms. The van der Waals surface area contributed by atoms with Crippen LogP contribution in [-0.4, -0.2) is 37.6 Å². The van der Waals surface area contributed by atoms with Crippen molar-refractivity contribution in [3.05, 3.63) is 17.5 Å². The Bertz CT molecular complexity index is 345. The van der Waals surface area contributed by atoms with Crippen LogP contribution in [0.25, 0.3) is 0 Å². The number of carbonyl (C=O) groups excluding carboxylic acids is 2. The van der Waals surface area contributed by atoms with E-state index < -0.39 is 5.97 Å². The lowest BCUT2D eigenvalue weighted by Crippen LogP contribution is -2.17. The Balaban J connectivity index is 2.77. The van der Waals surface area contributed by atoms with Crippen LogP contribution in [0.5, 0.6) is 0 Å². The van der Waals surface area contributed by atoms with E-state index in [4.69, 9.17) is 0 Å². The average Bonchev–Trinajstić information content (AvgIpc) is 2.66. The number of nitrogens with zero attached hydrogens (tertiary/aromatic N) is 1. The van der Waals surface area contributed by atoms with E-state index in [0.717, 1.165) is 0 Å². The molecule has 0 aromatic carbocycles. The highest BCUT2D eigenvalue weighted by atomic mass is 16.5. The smallest absolute Gasteiger partial charge is 0.360 e. The van der Waals surface area contributed by atoms with Gasteiger partial charge in [0.15, 0.2) is 5.69 Å². The van der Waals surface area contributed by atoms with E-state index in [2.05, 4.69) is 19.7 Å². The van der Waals surface area contributed by atoms with Gasteiger partial charge in [0.25, 0.3) is 0 Å². The normalized spacial score (nSPS) is 9.86. The minimum absolute atomic E-state index is 0.00745. The molecule has 1 rings (SSSR count). The van der Waals surface area contributed by atoms with E-state index in [1.165, 1.54) is 13.2 Å². The highest BCUT2D eigenvalue weighted by molar-refractivity contribution is 5.97. The third-order valence-corrected chi connectivity index (χ3v) is 1.52. The van der Waals surface area contributed by atoms with Gasteiger partial charge in [0.05, 0.1) is 13.7 Å². The molecule has 0 atom stereocenters. The second-order valence-corrected chi connectivity index (χ2v) is 2.52. The predicted molar refractivity (Wildman–Crippen MR) is 46.1 cm³/mol. The summed E-state index contributed by atoms with van der Waals surface area (Å²) in [6, 6.07) is 1.26. The molecule has 0 aliphatic heterocycles. The summed E-state index contributed by atoms with van der Waals surface area (Å²) in [5.41, 5.74) is -0.00745. The second-order valence-electron chi connectivity index (χ2n) is 2.52. The maximum atomic E-state index is 11.2. The Hall–Kier alpha value is -1.69. The van der Waals surface area contributed by atoms with Gasteiger partial charge in [-0.2, -0.15) is 0 Å². The van der Waals surface area contributed by atoms with Gasteiger partial charge in [-0.15, -0.1) is 0 Å². The van der Waals surface area contributed by atoms with E-state index >= 15 is 0 Å². The fourth-order valence-electron chi connectivity index (χ4n) is 0.855. The molecule has 0 amide bonds. The van der Waals surface area contributed by atoms with Crippen LogP contribution >= 0.6 is 0 Å². The molecular formula is C8H10N2O4. The van der Waals surface area contributed by atoms with Crippen LogP contribution in [0.2, 0.25) is 0 Å². The molecule has 76 valence electrons. The molecule has 1 aromatic heterocycles. The largest absolute Gasteiger partial charge is 0.464 e. The summed E-state index contributed by atoms with van der Waals surface area (Å²) >= 11 is 0. The number of esters is 1. The summed E-state index contributed by atoms with van der Waals surface area (Å²) in [6.07, 6.45) is 0. The molecule has 6 nitrogen and oxygen atoms in total. The Kier molecular flexibility index (Phi) is 3.35. The van der Waals surface area contributed by atoms with Crippen LogP contribution in [0.4, 0.5) is 0 Å². The lowest BCUT2D eigenvalue weighted by Gasteiger charge is -1.91. The fourth-order valence-corrected chi connectivity index (χ4v) is 0.855. The zero-order chi connectivity index (χ0) is 10.6. The standard InChI is InChI=1S/C8H10N2O4/c1-9-4-6(11)7-3-5(10-14-7)8(12)13-2/h3,9H,4H2,1-2H3. The maximum Gasteiger partial charge on any atom is 0.360 e. The van der Waals surface area contributed by atoms with Crippen molar-refractivity contribution >= 4 is 11.8 Å². The first-order valence-electron chi connectivity index (χ1n) is 3.92. The lowest BCUT2D eigenvalue weighted by molar-refractivity contribution is 0.0588. The van der Waals surface area contributed by atoms with Crippen LogP contribution in [0.15, 0.2) is 10.6 Å². The number of Topliss-reactive ketones (excluding diaryl/α,β-unsaturated/α-hetero) is 1. The van der Waals surface area contributed by atoms with Gasteiger partial charge in [0.1, 0.15) is 0 Å². The molecule has 0 unspecified atom stereocenters. The number of likely N-dealkylation sites (N-methyl/N-ethyl adjacent to an activating group) is 1. The highest BCUT2D eigenvalue weighted by Crippen LogP contribution is 2.05. The van der Waals surface area contributed by atoms with E-state index in [9.17, 15) is 9.59 Å². The Labute approximate surface area is 80.2 Å². The van der Waals surface area contributed by atoms with Gasteiger partial charge in [-0.05, 0) is 7.05 Å². The van der Waals surface area contributed by atoms with Crippen LogP contribution in [0.3, 0.4) is 0 Å². The SMILES string of the molecule is CNCC(=O)c1cc(C(=O)OC)no1. The Morgan fingerprint density at radius 2 is 2.36 bits per heavy atom. The van der Waals surface area contributed by atoms with Crippen molar-refractivity contribution in [3.63, 3.8) is 0 Å². The molecule has 1 N–H and O–H groups in total. The highest BCUT2D eigenvalue weighted by Gasteiger charge is 2.16. The van der Waals surface area contributed by atoms with Crippen molar-refractivity contribution in [2.24, 2.45) is 0 Å². The molecule has 0 saturated heterocycles. The van der Waals surface area contributed by atoms with Crippen LogP contribution in [0.1, 0.15) is 21.0 Å². The zero-order valence-corrected chi connectivity index (χ0v) is 7.86. The molecule has 0 radical (unpaired) electrons. The van der Waals surface area contributed by atoms with Gasteiger partial charge >= 0.3 is 5.97 Å². The van der Waals surface area contributed by atoms with Crippen molar-refractivity contribution in [2.45, 2.75) is 0 Å². The minimum atomic E-state index is -0.628. The summed E-state index contributed by atoms with van der Waals surface area (Å²) in [7, 11) is 2.86. The zero-order valence-electron chi connectivity index (χ0n) is 7.86. The third kappa shape index (κ3) is 2.17. The van der Waals surface area contributed by atoms with Crippen LogP contribution in [-0.2, 0) is 4.74 Å². The summed E-state index contributed by atoms with van der Waals surface area (Å²) in [5, 5.41) is 6.06. The monoisotopic (exact) mass is 198 g/mol. The molecule has 0 saturated carbocycles. The van der Waals surface area contributed by atoms with Crippen molar-refractivity contribution in [2.75, 3.05) is 20.7 Å². The van der Waals surface area contributed by atoms with Gasteiger partial charge in [-0.3, -0.25) is 4.79 Å². The number of hydrogen-bond donors (Lipinski definition) is 1. The number of ether oxygens (including phenoxy) is 1. The predicted octanol–water partition coefficient (Wildman–Crippen LogP) is -0.137. The van der Waals surface area contributed by atoms with Crippen molar-refractivity contribution in [1.82, 2.24) is 10.5 Å². The first-order valence-corrected chi connectivity index (χ1v) is 3.92. The van der Waals surface area contributed by atoms with E-state index in [-0.39, 0.29) is 23.8 Å². The van der Waals surface area contributed by atoms with Crippen LogP contribution < -0.4 is 5.32 Å². The van der Waals surface area contributed by atoms with Crippen molar-refractivity contribution < 1.29 is 18.8 Å². The maximum absolute atomic E-state index is 11.2. The summed E-state index contributed by atoms with van der Waals surface area (Å²) in [4.78, 5) is 22.2. The van der Waals surface area contributed by atoms with E-state index in [1.54, 1.807) is 7.05 Å². The molecule has 1 heterocycles. The molecule has 0 aliphatic rings. The molecule has 0 bridgehead atoms. The quantitative estimate of drug-likeness (QED) is 0.535. The lowest BCUT2D eigenvalue weighted by atomic mass is 10.3. The van der Waals surface area contributed by atoms with E-state index in [1.807, 2.05) is 0 Å². The third-order valence-electron chi connectivity index (χ3n) is 1.52. The van der Waals surface area contributed by atoms with Gasteiger partial charge in [0.2, 0.25) is 11.5 Å². The molecule has 0 spiro atoms. The van der Waals surface area contributed by atoms with Crippen molar-refractivity contribution in [1.29, 1.82) is 0 Å². The molecule has 14 heavy (non-hydrogen) atoms. The van der Waals surface area contributed by atoms with Gasteiger partial charge in [-0.1, -0.05) is 5.16 Å².